The molecule has 0 bridgehead atoms. The predicted molar refractivity (Wildman–Crippen MR) is 120 cm³/mol. The molecule has 12 nitrogen and oxygen atoms in total. The second kappa shape index (κ2) is 13.9. The molecule has 0 aliphatic carbocycles. The Hall–Kier alpha value is -3.51. The first-order valence-electron chi connectivity index (χ1n) is 10.7. The van der Waals surface area contributed by atoms with E-state index >= 15 is 0 Å². The number of amides is 3. The number of carboxylic acids is 2. The smallest absolute Gasteiger partial charge is 0.326 e. The zero-order chi connectivity index (χ0) is 25.8. The maximum Gasteiger partial charge on any atom is 0.326 e. The number of aliphatic carboxylic acids is 2. The van der Waals surface area contributed by atoms with E-state index in [0.29, 0.717) is 5.56 Å². The minimum absolute atomic E-state index is 0.0214. The molecule has 3 amide bonds. The third-order valence-corrected chi connectivity index (χ3v) is 4.96. The third kappa shape index (κ3) is 9.55. The van der Waals surface area contributed by atoms with Crippen molar-refractivity contribution in [2.75, 3.05) is 6.61 Å². The molecule has 1 rings (SSSR count). The van der Waals surface area contributed by atoms with E-state index in [1.807, 2.05) is 0 Å². The number of benzene rings is 1. The van der Waals surface area contributed by atoms with Crippen LogP contribution in [-0.4, -0.2) is 75.8 Å². The molecule has 0 aromatic heterocycles. The normalized spacial score (nSPS) is 14.4. The molecule has 34 heavy (non-hydrogen) atoms. The first-order chi connectivity index (χ1) is 16.0. The van der Waals surface area contributed by atoms with E-state index in [0.717, 1.165) is 0 Å². The summed E-state index contributed by atoms with van der Waals surface area (Å²) in [5.41, 5.74) is 6.20. The minimum Gasteiger partial charge on any atom is -0.481 e. The van der Waals surface area contributed by atoms with E-state index < -0.39 is 72.8 Å². The summed E-state index contributed by atoms with van der Waals surface area (Å²) in [5, 5.41) is 34.6. The molecule has 0 saturated carbocycles. The zero-order valence-corrected chi connectivity index (χ0v) is 19.1. The first-order valence-corrected chi connectivity index (χ1v) is 10.7. The minimum atomic E-state index is -1.37. The van der Waals surface area contributed by atoms with Crippen LogP contribution >= 0.6 is 0 Å². The average molecular weight is 481 g/mol. The summed E-state index contributed by atoms with van der Waals surface area (Å²) >= 11 is 0. The van der Waals surface area contributed by atoms with Gasteiger partial charge >= 0.3 is 11.9 Å². The molecule has 0 saturated heterocycles. The van der Waals surface area contributed by atoms with Gasteiger partial charge in [0.1, 0.15) is 24.2 Å². The quantitative estimate of drug-likeness (QED) is 0.167. The fourth-order valence-electron chi connectivity index (χ4n) is 3.00. The second-order valence-corrected chi connectivity index (χ2v) is 8.10. The lowest BCUT2D eigenvalue weighted by molar-refractivity contribution is -0.144. The van der Waals surface area contributed by atoms with Gasteiger partial charge in [-0.05, 0) is 17.9 Å². The van der Waals surface area contributed by atoms with Crippen LogP contribution in [0.1, 0.15) is 32.3 Å². The van der Waals surface area contributed by atoms with Crippen LogP contribution in [0.15, 0.2) is 30.3 Å². The third-order valence-electron chi connectivity index (χ3n) is 4.96. The van der Waals surface area contributed by atoms with Crippen LogP contribution in [0.5, 0.6) is 0 Å². The topological polar surface area (TPSA) is 208 Å². The highest BCUT2D eigenvalue weighted by Gasteiger charge is 2.31. The summed E-state index contributed by atoms with van der Waals surface area (Å²) in [7, 11) is 0. The summed E-state index contributed by atoms with van der Waals surface area (Å²) in [6.45, 7) is 2.51. The summed E-state index contributed by atoms with van der Waals surface area (Å²) in [6, 6.07) is 3.55. The maximum atomic E-state index is 13.0. The van der Waals surface area contributed by atoms with Crippen LogP contribution in [0, 0.1) is 5.92 Å². The lowest BCUT2D eigenvalue weighted by Gasteiger charge is -2.26. The standard InChI is InChI=1S/C22H32N4O8/c1-12(2)18(22(33)34)26-20(31)15(8-9-17(28)29)24-21(32)16(25-19(30)14(23)11-27)10-13-6-4-3-5-7-13/h3-7,12,14-16,18,27H,8-11,23H2,1-2H3,(H,24,32)(H,25,30)(H,26,31)(H,28,29)(H,33,34). The molecule has 0 fully saturated rings. The van der Waals surface area contributed by atoms with Gasteiger partial charge in [-0.3, -0.25) is 19.2 Å². The van der Waals surface area contributed by atoms with Crippen molar-refractivity contribution < 1.29 is 39.3 Å². The Morgan fingerprint density at radius 2 is 1.44 bits per heavy atom. The highest BCUT2D eigenvalue weighted by Crippen LogP contribution is 2.08. The van der Waals surface area contributed by atoms with Crippen LogP contribution in [0.3, 0.4) is 0 Å². The molecule has 0 aliphatic rings. The lowest BCUT2D eigenvalue weighted by atomic mass is 10.0. The Morgan fingerprint density at radius 1 is 0.882 bits per heavy atom. The lowest BCUT2D eigenvalue weighted by Crippen LogP contribution is -2.58. The molecule has 4 atom stereocenters. The number of rotatable bonds is 14. The molecular weight excluding hydrogens is 448 g/mol. The fourth-order valence-corrected chi connectivity index (χ4v) is 3.00. The number of nitrogens with one attached hydrogen (secondary N) is 3. The fraction of sp³-hybridized carbons (Fsp3) is 0.500. The molecule has 0 spiro atoms. The molecular formula is C22H32N4O8. The monoisotopic (exact) mass is 480 g/mol. The van der Waals surface area contributed by atoms with E-state index in [4.69, 9.17) is 15.9 Å². The molecule has 8 N–H and O–H groups in total. The van der Waals surface area contributed by atoms with Gasteiger partial charge in [-0.25, -0.2) is 4.79 Å². The van der Waals surface area contributed by atoms with Gasteiger partial charge in [-0.15, -0.1) is 0 Å². The highest BCUT2D eigenvalue weighted by molar-refractivity contribution is 5.94. The number of hydrogen-bond acceptors (Lipinski definition) is 7. The van der Waals surface area contributed by atoms with Crippen molar-refractivity contribution in [3.05, 3.63) is 35.9 Å². The van der Waals surface area contributed by atoms with Crippen molar-refractivity contribution in [3.8, 4) is 0 Å². The Bertz CT molecular complexity index is 862. The van der Waals surface area contributed by atoms with Gasteiger partial charge in [0.2, 0.25) is 17.7 Å². The summed E-state index contributed by atoms with van der Waals surface area (Å²) in [6.07, 6.45) is -0.754. The molecule has 0 radical (unpaired) electrons. The van der Waals surface area contributed by atoms with Crippen molar-refractivity contribution in [3.63, 3.8) is 0 Å². The Labute approximate surface area is 196 Å². The summed E-state index contributed by atoms with van der Waals surface area (Å²) in [5.74, 6) is -5.43. The van der Waals surface area contributed by atoms with Crippen molar-refractivity contribution in [1.29, 1.82) is 0 Å². The van der Waals surface area contributed by atoms with Crippen LogP contribution in [0.4, 0.5) is 0 Å². The Kier molecular flexibility index (Phi) is 11.7. The summed E-state index contributed by atoms with van der Waals surface area (Å²) < 4.78 is 0. The van der Waals surface area contributed by atoms with Gasteiger partial charge in [0.15, 0.2) is 0 Å². The number of aliphatic hydroxyl groups is 1. The zero-order valence-electron chi connectivity index (χ0n) is 19.1. The van der Waals surface area contributed by atoms with Gasteiger partial charge in [-0.1, -0.05) is 44.2 Å². The second-order valence-electron chi connectivity index (χ2n) is 8.10. The van der Waals surface area contributed by atoms with E-state index in [9.17, 15) is 29.1 Å². The van der Waals surface area contributed by atoms with Crippen LogP contribution in [-0.2, 0) is 30.4 Å². The van der Waals surface area contributed by atoms with Crippen molar-refractivity contribution >= 4 is 29.7 Å². The Balaban J connectivity index is 3.11. The van der Waals surface area contributed by atoms with Gasteiger partial charge in [0.25, 0.3) is 0 Å². The molecule has 1 aromatic carbocycles. The van der Waals surface area contributed by atoms with Crippen LogP contribution in [0.25, 0.3) is 0 Å². The van der Waals surface area contributed by atoms with Gasteiger partial charge < -0.3 is 37.0 Å². The molecule has 0 aliphatic heterocycles. The van der Waals surface area contributed by atoms with Crippen molar-refractivity contribution in [2.45, 2.75) is 57.3 Å². The Morgan fingerprint density at radius 3 is 1.94 bits per heavy atom. The summed E-state index contributed by atoms with van der Waals surface area (Å²) in [4.78, 5) is 60.5. The highest BCUT2D eigenvalue weighted by atomic mass is 16.4. The van der Waals surface area contributed by atoms with Gasteiger partial charge in [0, 0.05) is 12.8 Å². The number of aliphatic hydroxyl groups excluding tert-OH is 1. The van der Waals surface area contributed by atoms with E-state index in [-0.39, 0.29) is 12.8 Å². The SMILES string of the molecule is CC(C)C(NC(=O)C(CCC(=O)O)NC(=O)C(Cc1ccccc1)NC(=O)C(N)CO)C(=O)O. The number of carbonyl (C=O) groups excluding carboxylic acids is 3. The number of hydrogen-bond donors (Lipinski definition) is 7. The maximum absolute atomic E-state index is 13.0. The molecule has 4 unspecified atom stereocenters. The van der Waals surface area contributed by atoms with Crippen LogP contribution in [0.2, 0.25) is 0 Å². The number of carbonyl (C=O) groups is 5. The van der Waals surface area contributed by atoms with E-state index in [2.05, 4.69) is 16.0 Å². The largest absolute Gasteiger partial charge is 0.481 e. The average Bonchev–Trinajstić information content (AvgIpc) is 2.78. The molecule has 12 heteroatoms. The van der Waals surface area contributed by atoms with E-state index in [1.54, 1.807) is 44.2 Å². The van der Waals surface area contributed by atoms with Gasteiger partial charge in [-0.2, -0.15) is 0 Å². The van der Waals surface area contributed by atoms with E-state index in [1.165, 1.54) is 0 Å². The number of carboxylic acid groups (broad SMARTS) is 2. The number of nitrogens with two attached hydrogens (primary N) is 1. The predicted octanol–water partition coefficient (Wildman–Crippen LogP) is -1.39. The molecule has 1 aromatic rings. The van der Waals surface area contributed by atoms with Crippen LogP contribution < -0.4 is 21.7 Å². The van der Waals surface area contributed by atoms with Crippen molar-refractivity contribution in [2.24, 2.45) is 11.7 Å². The first kappa shape index (κ1) is 28.5. The molecule has 0 heterocycles. The van der Waals surface area contributed by atoms with Gasteiger partial charge in [0.05, 0.1) is 6.61 Å². The molecule has 188 valence electrons. The van der Waals surface area contributed by atoms with Crippen molar-refractivity contribution in [1.82, 2.24) is 16.0 Å².